The number of piperazine rings is 1. The van der Waals surface area contributed by atoms with Crippen molar-refractivity contribution >= 4 is 74.2 Å². The monoisotopic (exact) mass is 925 g/mol. The van der Waals surface area contributed by atoms with Gasteiger partial charge in [0.1, 0.15) is 39.9 Å². The smallest absolute Gasteiger partial charge is 0.234 e. The molecule has 0 saturated carbocycles. The average Bonchev–Trinajstić information content (AvgIpc) is 3.93. The first-order valence-electron chi connectivity index (χ1n) is 24.0. The SMILES string of the molecule is CCc1cc2c(cc1N1CCC(N3CCN(CC(=O)NCCCCNc4cccc5c(=C=O)n(C6CCC(=C=O)NC6=C=O)c(=C=O)c45)CC3)CC1)C(C)(C)c1[nH]c3cc(C#N)ccc3c1C2=C=O. The molecule has 3 aliphatic heterocycles. The molecule has 3 saturated heterocycles. The molecule has 5 heterocycles. The zero-order chi connectivity index (χ0) is 48.4. The number of carbonyl (C=O) groups is 1. The Morgan fingerprint density at radius 1 is 0.841 bits per heavy atom. The van der Waals surface area contributed by atoms with Gasteiger partial charge in [-0.1, -0.05) is 39.0 Å². The Morgan fingerprint density at radius 3 is 2.30 bits per heavy atom. The number of rotatable bonds is 12. The lowest BCUT2D eigenvalue weighted by Crippen LogP contribution is -2.54. The molecule has 1 amide bonds. The predicted molar refractivity (Wildman–Crippen MR) is 264 cm³/mol. The second-order valence-corrected chi connectivity index (χ2v) is 19.0. The number of aromatic amines is 1. The molecule has 0 bridgehead atoms. The third-order valence-electron chi connectivity index (χ3n) is 14.8. The number of allylic oxidation sites excluding steroid dienone is 2. The van der Waals surface area contributed by atoms with Gasteiger partial charge in [-0.25, -0.2) is 24.0 Å². The molecule has 352 valence electrons. The Labute approximate surface area is 399 Å². The number of hydrogen-bond donors (Lipinski definition) is 4. The van der Waals surface area contributed by atoms with E-state index in [1.54, 1.807) is 24.1 Å². The number of anilines is 2. The van der Waals surface area contributed by atoms with E-state index in [0.717, 1.165) is 105 Å². The van der Waals surface area contributed by atoms with Gasteiger partial charge in [-0.3, -0.25) is 14.6 Å². The van der Waals surface area contributed by atoms with Crippen LogP contribution in [0.1, 0.15) is 98.8 Å². The van der Waals surface area contributed by atoms with Gasteiger partial charge in [0.15, 0.2) is 11.9 Å². The number of nitrogens with one attached hydrogen (secondary N) is 4. The van der Waals surface area contributed by atoms with Crippen molar-refractivity contribution in [2.45, 2.75) is 83.2 Å². The zero-order valence-corrected chi connectivity index (χ0v) is 39.3. The molecular formula is C54H55N9O6. The van der Waals surface area contributed by atoms with Crippen LogP contribution in [-0.2, 0) is 40.6 Å². The van der Waals surface area contributed by atoms with Crippen molar-refractivity contribution in [3.8, 4) is 6.07 Å². The highest BCUT2D eigenvalue weighted by Crippen LogP contribution is 2.50. The van der Waals surface area contributed by atoms with Crippen LogP contribution < -0.4 is 31.5 Å². The molecule has 0 spiro atoms. The minimum absolute atomic E-state index is 0.000868. The summed E-state index contributed by atoms with van der Waals surface area (Å²) < 4.78 is 1.45. The highest BCUT2D eigenvalue weighted by Gasteiger charge is 2.40. The maximum Gasteiger partial charge on any atom is 0.234 e. The number of benzene rings is 3. The number of carbonyl (C=O) groups excluding carboxylic acids is 6. The van der Waals surface area contributed by atoms with Gasteiger partial charge in [0, 0.05) is 115 Å². The fourth-order valence-electron chi connectivity index (χ4n) is 11.2. The van der Waals surface area contributed by atoms with Crippen molar-refractivity contribution in [1.82, 2.24) is 30.0 Å². The first-order chi connectivity index (χ1) is 33.6. The van der Waals surface area contributed by atoms with Crippen LogP contribution in [0.3, 0.4) is 0 Å². The van der Waals surface area contributed by atoms with Gasteiger partial charge in [0.25, 0.3) is 0 Å². The van der Waals surface area contributed by atoms with E-state index in [2.05, 4.69) is 80.5 Å². The highest BCUT2D eigenvalue weighted by atomic mass is 16.2. The van der Waals surface area contributed by atoms with E-state index in [-0.39, 0.29) is 40.8 Å². The summed E-state index contributed by atoms with van der Waals surface area (Å²) in [6.45, 7) is 13.3. The Hall–Kier alpha value is -7.47. The summed E-state index contributed by atoms with van der Waals surface area (Å²) >= 11 is 0. The molecule has 4 N–H and O–H groups in total. The minimum atomic E-state index is -0.737. The summed E-state index contributed by atoms with van der Waals surface area (Å²) in [4.78, 5) is 84.4. The largest absolute Gasteiger partial charge is 0.384 e. The number of aryl methyl sites for hydroxylation is 1. The molecular weight excluding hydrogens is 871 g/mol. The second-order valence-electron chi connectivity index (χ2n) is 19.0. The maximum absolute atomic E-state index is 13.0. The molecule has 1 aliphatic carbocycles. The lowest BCUT2D eigenvalue weighted by atomic mass is 9.69. The van der Waals surface area contributed by atoms with Crippen molar-refractivity contribution in [2.24, 2.45) is 0 Å². The first kappa shape index (κ1) is 46.6. The van der Waals surface area contributed by atoms with Crippen LogP contribution in [-0.4, -0.2) is 120 Å². The molecule has 3 aromatic carbocycles. The number of piperidine rings is 2. The average molecular weight is 926 g/mol. The molecule has 1 unspecified atom stereocenters. The zero-order valence-electron chi connectivity index (χ0n) is 39.3. The molecule has 5 aromatic rings. The molecule has 15 heteroatoms. The Morgan fingerprint density at radius 2 is 1.61 bits per heavy atom. The van der Waals surface area contributed by atoms with E-state index in [1.807, 2.05) is 36.0 Å². The van der Waals surface area contributed by atoms with Crippen LogP contribution in [0.15, 0.2) is 59.9 Å². The third-order valence-corrected chi connectivity index (χ3v) is 14.8. The van der Waals surface area contributed by atoms with Crippen molar-refractivity contribution in [2.75, 3.05) is 69.1 Å². The number of unbranched alkanes of at least 4 members (excludes halogenated alkanes) is 1. The molecule has 4 aliphatic rings. The van der Waals surface area contributed by atoms with Gasteiger partial charge in [-0.15, -0.1) is 0 Å². The Kier molecular flexibility index (Phi) is 13.3. The van der Waals surface area contributed by atoms with Crippen molar-refractivity contribution < 1.29 is 28.8 Å². The normalized spacial score (nSPS) is 18.3. The van der Waals surface area contributed by atoms with Crippen LogP contribution in [0.4, 0.5) is 11.4 Å². The summed E-state index contributed by atoms with van der Waals surface area (Å²) in [5.74, 6) is 9.81. The lowest BCUT2D eigenvalue weighted by Gasteiger charge is -2.44. The quantitative estimate of drug-likeness (QED) is 0.106. The van der Waals surface area contributed by atoms with E-state index < -0.39 is 11.5 Å². The fraction of sp³-hybridized carbons (Fsp3) is 0.407. The maximum atomic E-state index is 13.0. The van der Waals surface area contributed by atoms with Crippen LogP contribution in [0.5, 0.6) is 0 Å². The predicted octanol–water partition coefficient (Wildman–Crippen LogP) is 3.42. The van der Waals surface area contributed by atoms with E-state index >= 15 is 0 Å². The van der Waals surface area contributed by atoms with Gasteiger partial charge in [0.05, 0.1) is 29.8 Å². The van der Waals surface area contributed by atoms with Gasteiger partial charge in [-0.05, 0) is 85.5 Å². The van der Waals surface area contributed by atoms with Gasteiger partial charge in [0.2, 0.25) is 5.91 Å². The topological polar surface area (TPSA) is 193 Å². The molecule has 69 heavy (non-hydrogen) atoms. The van der Waals surface area contributed by atoms with Crippen molar-refractivity contribution in [1.29, 1.82) is 5.26 Å². The summed E-state index contributed by atoms with van der Waals surface area (Å²) in [6, 6.07) is 17.4. The molecule has 15 nitrogen and oxygen atoms in total. The van der Waals surface area contributed by atoms with Gasteiger partial charge >= 0.3 is 0 Å². The minimum Gasteiger partial charge on any atom is -0.384 e. The number of aromatic nitrogens is 2. The van der Waals surface area contributed by atoms with E-state index in [4.69, 9.17) is 0 Å². The summed E-state index contributed by atoms with van der Waals surface area (Å²) in [5, 5.41) is 20.8. The third kappa shape index (κ3) is 8.57. The highest BCUT2D eigenvalue weighted by molar-refractivity contribution is 6.10. The van der Waals surface area contributed by atoms with Crippen LogP contribution in [0.25, 0.3) is 27.2 Å². The Bertz CT molecular complexity index is 3260. The number of amides is 1. The van der Waals surface area contributed by atoms with Crippen molar-refractivity contribution in [3.05, 3.63) is 104 Å². The van der Waals surface area contributed by atoms with Gasteiger partial charge < -0.3 is 30.4 Å². The molecule has 0 radical (unpaired) electrons. The molecule has 3 fully saturated rings. The molecule has 9 rings (SSSR count). The van der Waals surface area contributed by atoms with E-state index in [0.29, 0.717) is 53.3 Å². The van der Waals surface area contributed by atoms with E-state index in [9.17, 15) is 34.0 Å². The number of fused-ring (bicyclic) bond motifs is 5. The molecule has 1 atom stereocenters. The summed E-state index contributed by atoms with van der Waals surface area (Å²) in [5.41, 5.74) is 8.77. The number of H-pyrrole nitrogens is 1. The fourth-order valence-corrected chi connectivity index (χ4v) is 11.2. The summed E-state index contributed by atoms with van der Waals surface area (Å²) in [6.07, 6.45) is 4.94. The number of nitriles is 1. The molecule has 2 aromatic heterocycles. The van der Waals surface area contributed by atoms with E-state index in [1.165, 1.54) is 15.8 Å². The number of nitrogens with zero attached hydrogens (tertiary/aromatic N) is 5. The second kappa shape index (κ2) is 19.6. The van der Waals surface area contributed by atoms with Crippen LogP contribution >= 0.6 is 0 Å². The number of hydrogen-bond acceptors (Lipinski definition) is 12. The van der Waals surface area contributed by atoms with Crippen LogP contribution in [0, 0.1) is 11.3 Å². The Balaban J connectivity index is 0.744. The van der Waals surface area contributed by atoms with Gasteiger partial charge in [-0.2, -0.15) is 5.26 Å². The van der Waals surface area contributed by atoms with Crippen LogP contribution in [0.2, 0.25) is 0 Å². The summed E-state index contributed by atoms with van der Waals surface area (Å²) in [7, 11) is 0. The van der Waals surface area contributed by atoms with Crippen molar-refractivity contribution in [3.63, 3.8) is 0 Å². The standard InChI is InChI=1S/C54H55N9O6/c1-4-35-25-40-41(30-65)51-38-12-10-34(27-55)24-44(38)59-53(51)54(2,3)42(40)26-47(35)62-18-14-37(15-19-62)61-22-20-60(21-23-61)28-50(69)57-17-6-5-16-56-43-9-7-8-39-48(32-67)63(49(33-68)52(39)43)46-13-11-36(29-64)58-45(46)31-66/h7-10,12,24-26,37,46,56,58-59H,4-6,11,13-23,28H2,1-3H3,(H,57,69). The lowest BCUT2D eigenvalue weighted by molar-refractivity contribution is -0.122. The first-order valence-corrected chi connectivity index (χ1v) is 24.0.